The largest absolute Gasteiger partial charge is 0.507 e. The van der Waals surface area contributed by atoms with Gasteiger partial charge in [0.15, 0.2) is 0 Å². The summed E-state index contributed by atoms with van der Waals surface area (Å²) < 4.78 is 5.77. The van der Waals surface area contributed by atoms with Crippen molar-refractivity contribution in [3.05, 3.63) is 53.9 Å². The Balaban J connectivity index is 1.88. The number of nitrogens with zero attached hydrogens (tertiary/aromatic N) is 2. The Kier molecular flexibility index (Phi) is 7.57. The first-order valence-corrected chi connectivity index (χ1v) is 8.40. The summed E-state index contributed by atoms with van der Waals surface area (Å²) in [5, 5.41) is 18.8. The summed E-state index contributed by atoms with van der Waals surface area (Å²) in [6, 6.07) is 7.96. The Bertz CT molecular complexity index is 735. The Morgan fingerprint density at radius 2 is 2.15 bits per heavy atom. The number of carboxylic acids is 1. The van der Waals surface area contributed by atoms with Crippen LogP contribution in [0.5, 0.6) is 11.5 Å². The molecule has 1 atom stereocenters. The van der Waals surface area contributed by atoms with Crippen molar-refractivity contribution in [2.24, 2.45) is 10.7 Å². The summed E-state index contributed by atoms with van der Waals surface area (Å²) in [5.74, 6) is -0.367. The summed E-state index contributed by atoms with van der Waals surface area (Å²) in [5.41, 5.74) is 6.89. The summed E-state index contributed by atoms with van der Waals surface area (Å²) in [7, 11) is 0. The molecule has 0 saturated carbocycles. The van der Waals surface area contributed by atoms with Crippen LogP contribution in [-0.2, 0) is 11.4 Å². The second kappa shape index (κ2) is 10.1. The fraction of sp³-hybridized carbons (Fsp3) is 0.316. The van der Waals surface area contributed by atoms with Crippen molar-refractivity contribution in [1.29, 1.82) is 0 Å². The summed E-state index contributed by atoms with van der Waals surface area (Å²) >= 11 is 0. The van der Waals surface area contributed by atoms with Crippen molar-refractivity contribution in [2.45, 2.75) is 31.9 Å². The lowest BCUT2D eigenvalue weighted by molar-refractivity contribution is -0.138. The van der Waals surface area contributed by atoms with E-state index >= 15 is 0 Å². The number of carboxylic acid groups (broad SMARTS) is 1. The van der Waals surface area contributed by atoms with Crippen LogP contribution in [0.1, 0.15) is 30.4 Å². The molecule has 0 aliphatic rings. The standard InChI is InChI=1S/C19H23N3O4/c20-16(19(24)25)6-1-2-9-22-12-15-17(23)7-3-8-18(15)26-13-14-5-4-10-21-11-14/h3-5,7-8,10-12,16,23H,1-2,6,9,13,20H2,(H,24,25). The lowest BCUT2D eigenvalue weighted by Crippen LogP contribution is -2.29. The summed E-state index contributed by atoms with van der Waals surface area (Å²) in [4.78, 5) is 19.0. The molecule has 1 aromatic heterocycles. The maximum absolute atomic E-state index is 10.6. The number of hydrogen-bond donors (Lipinski definition) is 3. The first kappa shape index (κ1) is 19.4. The molecule has 0 spiro atoms. The quantitative estimate of drug-likeness (QED) is 0.444. The highest BCUT2D eigenvalue weighted by Crippen LogP contribution is 2.26. The zero-order chi connectivity index (χ0) is 18.8. The molecular weight excluding hydrogens is 334 g/mol. The average Bonchev–Trinajstić information content (AvgIpc) is 2.64. The van der Waals surface area contributed by atoms with Crippen LogP contribution in [0, 0.1) is 0 Å². The molecule has 1 unspecified atom stereocenters. The van der Waals surface area contributed by atoms with Gasteiger partial charge >= 0.3 is 5.97 Å². The van der Waals surface area contributed by atoms with E-state index in [-0.39, 0.29) is 5.75 Å². The molecular formula is C19H23N3O4. The van der Waals surface area contributed by atoms with E-state index in [2.05, 4.69) is 9.98 Å². The molecule has 0 amide bonds. The predicted molar refractivity (Wildman–Crippen MR) is 98.6 cm³/mol. The zero-order valence-corrected chi connectivity index (χ0v) is 14.4. The third-order valence-electron chi connectivity index (χ3n) is 3.75. The third kappa shape index (κ3) is 6.18. The molecule has 26 heavy (non-hydrogen) atoms. The van der Waals surface area contributed by atoms with E-state index in [4.69, 9.17) is 15.6 Å². The number of ether oxygens (including phenoxy) is 1. The molecule has 138 valence electrons. The number of nitrogens with two attached hydrogens (primary N) is 1. The van der Waals surface area contributed by atoms with Crippen molar-refractivity contribution in [1.82, 2.24) is 4.98 Å². The molecule has 1 heterocycles. The molecule has 1 aromatic carbocycles. The maximum atomic E-state index is 10.6. The van der Waals surface area contributed by atoms with Crippen LogP contribution in [0.2, 0.25) is 0 Å². The normalized spacial score (nSPS) is 12.2. The Labute approximate surface area is 152 Å². The molecule has 7 nitrogen and oxygen atoms in total. The van der Waals surface area contributed by atoms with Gasteiger partial charge in [-0.05, 0) is 37.5 Å². The number of hydrogen-bond acceptors (Lipinski definition) is 6. The Morgan fingerprint density at radius 1 is 1.31 bits per heavy atom. The van der Waals surface area contributed by atoms with Gasteiger partial charge in [0.05, 0.1) is 5.56 Å². The van der Waals surface area contributed by atoms with E-state index in [1.807, 2.05) is 12.1 Å². The van der Waals surface area contributed by atoms with Crippen molar-refractivity contribution in [3.63, 3.8) is 0 Å². The van der Waals surface area contributed by atoms with E-state index in [1.54, 1.807) is 36.8 Å². The first-order chi connectivity index (χ1) is 12.6. The van der Waals surface area contributed by atoms with Gasteiger partial charge in [-0.25, -0.2) is 0 Å². The number of aliphatic carboxylic acids is 1. The molecule has 7 heteroatoms. The fourth-order valence-corrected chi connectivity index (χ4v) is 2.28. The maximum Gasteiger partial charge on any atom is 0.320 e. The number of benzene rings is 1. The number of phenols is 1. The molecule has 4 N–H and O–H groups in total. The van der Waals surface area contributed by atoms with E-state index in [0.29, 0.717) is 37.3 Å². The van der Waals surface area contributed by atoms with Crippen LogP contribution in [0.3, 0.4) is 0 Å². The minimum absolute atomic E-state index is 0.0883. The van der Waals surface area contributed by atoms with Gasteiger partial charge in [-0.15, -0.1) is 0 Å². The highest BCUT2D eigenvalue weighted by Gasteiger charge is 2.10. The van der Waals surface area contributed by atoms with Gasteiger partial charge in [0.2, 0.25) is 0 Å². The number of phenolic OH excluding ortho intramolecular Hbond substituents is 1. The van der Waals surface area contributed by atoms with Crippen LogP contribution in [0.4, 0.5) is 0 Å². The van der Waals surface area contributed by atoms with Gasteiger partial charge < -0.3 is 20.7 Å². The van der Waals surface area contributed by atoms with Gasteiger partial charge in [0, 0.05) is 30.7 Å². The zero-order valence-electron chi connectivity index (χ0n) is 14.4. The van der Waals surface area contributed by atoms with Crippen LogP contribution >= 0.6 is 0 Å². The van der Waals surface area contributed by atoms with E-state index in [9.17, 15) is 9.90 Å². The molecule has 2 rings (SSSR count). The highest BCUT2D eigenvalue weighted by molar-refractivity contribution is 5.87. The number of aromatic hydroxyl groups is 1. The predicted octanol–water partition coefficient (Wildman–Crippen LogP) is 2.37. The van der Waals surface area contributed by atoms with Gasteiger partial charge in [0.1, 0.15) is 24.1 Å². The van der Waals surface area contributed by atoms with Crippen LogP contribution in [0.25, 0.3) is 0 Å². The molecule has 0 aliphatic heterocycles. The fourth-order valence-electron chi connectivity index (χ4n) is 2.28. The molecule has 0 bridgehead atoms. The Morgan fingerprint density at radius 3 is 2.88 bits per heavy atom. The van der Waals surface area contributed by atoms with Crippen molar-refractivity contribution < 1.29 is 19.7 Å². The number of pyridine rings is 1. The molecule has 0 radical (unpaired) electrons. The minimum Gasteiger partial charge on any atom is -0.507 e. The van der Waals surface area contributed by atoms with Crippen LogP contribution in [-0.4, -0.2) is 40.0 Å². The topological polar surface area (TPSA) is 118 Å². The lowest BCUT2D eigenvalue weighted by atomic mass is 10.1. The second-order valence-corrected chi connectivity index (χ2v) is 5.81. The number of aromatic nitrogens is 1. The van der Waals surface area contributed by atoms with Crippen molar-refractivity contribution >= 4 is 12.2 Å². The average molecular weight is 357 g/mol. The number of rotatable bonds is 10. The van der Waals surface area contributed by atoms with E-state index < -0.39 is 12.0 Å². The van der Waals surface area contributed by atoms with Crippen molar-refractivity contribution in [2.75, 3.05) is 6.54 Å². The first-order valence-electron chi connectivity index (χ1n) is 8.40. The van der Waals surface area contributed by atoms with Crippen LogP contribution in [0.15, 0.2) is 47.7 Å². The summed E-state index contributed by atoms with van der Waals surface area (Å²) in [6.45, 7) is 0.855. The van der Waals surface area contributed by atoms with E-state index in [0.717, 1.165) is 12.0 Å². The molecule has 0 aliphatic carbocycles. The van der Waals surface area contributed by atoms with Crippen LogP contribution < -0.4 is 10.5 Å². The highest BCUT2D eigenvalue weighted by atomic mass is 16.5. The molecule has 0 saturated heterocycles. The van der Waals surface area contributed by atoms with Gasteiger partial charge in [-0.2, -0.15) is 0 Å². The number of unbranched alkanes of at least 4 members (excludes halogenated alkanes) is 1. The van der Waals surface area contributed by atoms with Gasteiger partial charge in [-0.1, -0.05) is 12.1 Å². The smallest absolute Gasteiger partial charge is 0.320 e. The lowest BCUT2D eigenvalue weighted by Gasteiger charge is -2.10. The van der Waals surface area contributed by atoms with Gasteiger partial charge in [0.25, 0.3) is 0 Å². The second-order valence-electron chi connectivity index (χ2n) is 5.81. The number of carbonyl (C=O) groups is 1. The van der Waals surface area contributed by atoms with Gasteiger partial charge in [-0.3, -0.25) is 14.8 Å². The summed E-state index contributed by atoms with van der Waals surface area (Å²) in [6.07, 6.45) is 6.80. The molecule has 2 aromatic rings. The Hall–Kier alpha value is -2.93. The molecule has 0 fully saturated rings. The van der Waals surface area contributed by atoms with E-state index in [1.165, 1.54) is 0 Å². The monoisotopic (exact) mass is 357 g/mol. The third-order valence-corrected chi connectivity index (χ3v) is 3.75. The number of aliphatic imine (C=N–C) groups is 1. The minimum atomic E-state index is -0.988. The van der Waals surface area contributed by atoms with Crippen molar-refractivity contribution in [3.8, 4) is 11.5 Å². The SMILES string of the molecule is NC(CCCCN=Cc1c(O)cccc1OCc1cccnc1)C(=O)O.